The van der Waals surface area contributed by atoms with Crippen LogP contribution in [0.3, 0.4) is 0 Å². The van der Waals surface area contributed by atoms with Crippen molar-refractivity contribution in [2.24, 2.45) is 19.8 Å². The second-order valence-electron chi connectivity index (χ2n) is 3.68. The predicted octanol–water partition coefficient (Wildman–Crippen LogP) is 0.668. The van der Waals surface area contributed by atoms with Crippen molar-refractivity contribution in [3.63, 3.8) is 0 Å². The van der Waals surface area contributed by atoms with E-state index >= 15 is 0 Å². The number of halogens is 1. The molecule has 2 rings (SSSR count). The van der Waals surface area contributed by atoms with Crippen LogP contribution < -0.4 is 5.73 Å². The summed E-state index contributed by atoms with van der Waals surface area (Å²) in [7, 11) is 3.71. The first-order valence-electron chi connectivity index (χ1n) is 4.81. The first-order valence-corrected chi connectivity index (χ1v) is 5.60. The summed E-state index contributed by atoms with van der Waals surface area (Å²) in [6.07, 6.45) is 1.78. The highest BCUT2D eigenvalue weighted by molar-refractivity contribution is 9.10. The Morgan fingerprint density at radius 3 is 2.50 bits per heavy atom. The van der Waals surface area contributed by atoms with Crippen LogP contribution >= 0.6 is 15.9 Å². The SMILES string of the molecule is Cc1c(C(N)c2c(Br)nnn2C)cnn1C. The van der Waals surface area contributed by atoms with Gasteiger partial charge in [-0.15, -0.1) is 5.10 Å². The maximum atomic E-state index is 6.19. The standard InChI is InChI=1S/C9H13BrN6/c1-5-6(4-12-15(5)2)7(11)8-9(10)13-14-16(8)3/h4,7H,11H2,1-3H3. The third-order valence-electron chi connectivity index (χ3n) is 2.73. The Labute approximate surface area is 102 Å². The number of rotatable bonds is 2. The van der Waals surface area contributed by atoms with Crippen molar-refractivity contribution in [2.45, 2.75) is 13.0 Å². The van der Waals surface area contributed by atoms with E-state index in [1.807, 2.05) is 21.0 Å². The Morgan fingerprint density at radius 2 is 2.06 bits per heavy atom. The van der Waals surface area contributed by atoms with Gasteiger partial charge in [-0.25, -0.2) is 4.68 Å². The number of aromatic nitrogens is 5. The lowest BCUT2D eigenvalue weighted by Crippen LogP contribution is -2.17. The molecule has 1 unspecified atom stereocenters. The monoisotopic (exact) mass is 284 g/mol. The Bertz CT molecular complexity index is 495. The van der Waals surface area contributed by atoms with Gasteiger partial charge in [0.2, 0.25) is 0 Å². The van der Waals surface area contributed by atoms with E-state index < -0.39 is 0 Å². The number of nitrogens with zero attached hydrogens (tertiary/aromatic N) is 5. The minimum Gasteiger partial charge on any atom is -0.319 e. The number of nitrogens with two attached hydrogens (primary N) is 1. The molecule has 0 bridgehead atoms. The van der Waals surface area contributed by atoms with Crippen LogP contribution in [0.15, 0.2) is 10.8 Å². The van der Waals surface area contributed by atoms with Crippen molar-refractivity contribution in [1.82, 2.24) is 24.8 Å². The molecule has 1 atom stereocenters. The molecule has 0 amide bonds. The zero-order valence-electron chi connectivity index (χ0n) is 9.35. The summed E-state index contributed by atoms with van der Waals surface area (Å²) >= 11 is 3.34. The van der Waals surface area contributed by atoms with E-state index in [1.54, 1.807) is 15.6 Å². The molecule has 0 aliphatic heterocycles. The summed E-state index contributed by atoms with van der Waals surface area (Å²) in [5, 5.41) is 12.0. The summed E-state index contributed by atoms with van der Waals surface area (Å²) in [6, 6.07) is -0.275. The Balaban J connectivity index is 2.47. The molecule has 0 spiro atoms. The van der Waals surface area contributed by atoms with Crippen molar-refractivity contribution < 1.29 is 0 Å². The van der Waals surface area contributed by atoms with Crippen LogP contribution in [0.4, 0.5) is 0 Å². The fourth-order valence-electron chi connectivity index (χ4n) is 1.64. The van der Waals surface area contributed by atoms with Crippen LogP contribution in [0.25, 0.3) is 0 Å². The molecule has 0 saturated heterocycles. The molecule has 0 saturated carbocycles. The van der Waals surface area contributed by atoms with Crippen molar-refractivity contribution in [2.75, 3.05) is 0 Å². The molecular weight excluding hydrogens is 272 g/mol. The molecule has 2 aromatic rings. The highest BCUT2D eigenvalue weighted by atomic mass is 79.9. The summed E-state index contributed by atoms with van der Waals surface area (Å²) in [5.41, 5.74) is 9.06. The van der Waals surface area contributed by atoms with Gasteiger partial charge in [-0.05, 0) is 22.9 Å². The highest BCUT2D eigenvalue weighted by Crippen LogP contribution is 2.25. The van der Waals surface area contributed by atoms with Gasteiger partial charge in [0.1, 0.15) is 0 Å². The maximum Gasteiger partial charge on any atom is 0.153 e. The summed E-state index contributed by atoms with van der Waals surface area (Å²) in [6.45, 7) is 1.99. The molecule has 86 valence electrons. The zero-order valence-corrected chi connectivity index (χ0v) is 10.9. The quantitative estimate of drug-likeness (QED) is 0.880. The lowest BCUT2D eigenvalue weighted by molar-refractivity contribution is 0.648. The van der Waals surface area contributed by atoms with Crippen LogP contribution in [0.5, 0.6) is 0 Å². The van der Waals surface area contributed by atoms with Crippen LogP contribution in [0.1, 0.15) is 23.0 Å². The van der Waals surface area contributed by atoms with E-state index in [4.69, 9.17) is 5.73 Å². The van der Waals surface area contributed by atoms with Crippen molar-refractivity contribution >= 4 is 15.9 Å². The minimum absolute atomic E-state index is 0.275. The van der Waals surface area contributed by atoms with E-state index in [0.29, 0.717) is 4.60 Å². The molecule has 2 aromatic heterocycles. The topological polar surface area (TPSA) is 74.6 Å². The van der Waals surface area contributed by atoms with Crippen LogP contribution in [0.2, 0.25) is 0 Å². The zero-order chi connectivity index (χ0) is 11.9. The smallest absolute Gasteiger partial charge is 0.153 e. The van der Waals surface area contributed by atoms with E-state index in [1.165, 1.54) is 0 Å². The van der Waals surface area contributed by atoms with Gasteiger partial charge in [-0.3, -0.25) is 4.68 Å². The van der Waals surface area contributed by atoms with Crippen LogP contribution in [0, 0.1) is 6.92 Å². The highest BCUT2D eigenvalue weighted by Gasteiger charge is 2.21. The molecule has 0 aromatic carbocycles. The van der Waals surface area contributed by atoms with Crippen molar-refractivity contribution in [3.05, 3.63) is 27.8 Å². The summed E-state index contributed by atoms with van der Waals surface area (Å²) in [5.74, 6) is 0. The van der Waals surface area contributed by atoms with Gasteiger partial charge in [-0.1, -0.05) is 5.21 Å². The molecule has 16 heavy (non-hydrogen) atoms. The number of hydrogen-bond acceptors (Lipinski definition) is 4. The van der Waals surface area contributed by atoms with E-state index in [0.717, 1.165) is 17.0 Å². The average Bonchev–Trinajstić information content (AvgIpc) is 2.73. The molecule has 0 aliphatic carbocycles. The largest absolute Gasteiger partial charge is 0.319 e. The molecule has 0 fully saturated rings. The number of hydrogen-bond donors (Lipinski definition) is 1. The van der Waals surface area contributed by atoms with Gasteiger partial charge in [0.15, 0.2) is 4.60 Å². The Morgan fingerprint density at radius 1 is 1.38 bits per heavy atom. The van der Waals surface area contributed by atoms with E-state index in [2.05, 4.69) is 31.3 Å². The molecule has 0 radical (unpaired) electrons. The Hall–Kier alpha value is -1.21. The van der Waals surface area contributed by atoms with Gasteiger partial charge in [0.25, 0.3) is 0 Å². The second kappa shape index (κ2) is 3.99. The molecule has 6 nitrogen and oxygen atoms in total. The normalized spacial score (nSPS) is 13.1. The van der Waals surface area contributed by atoms with E-state index in [-0.39, 0.29) is 6.04 Å². The third-order valence-corrected chi connectivity index (χ3v) is 3.29. The molecule has 0 aliphatic rings. The van der Waals surface area contributed by atoms with Gasteiger partial charge < -0.3 is 5.73 Å². The van der Waals surface area contributed by atoms with Gasteiger partial charge >= 0.3 is 0 Å². The number of aryl methyl sites for hydroxylation is 2. The maximum absolute atomic E-state index is 6.19. The average molecular weight is 285 g/mol. The van der Waals surface area contributed by atoms with Gasteiger partial charge in [0.05, 0.1) is 17.9 Å². The molecule has 7 heteroatoms. The van der Waals surface area contributed by atoms with Crippen molar-refractivity contribution in [3.8, 4) is 0 Å². The predicted molar refractivity (Wildman–Crippen MR) is 62.7 cm³/mol. The van der Waals surface area contributed by atoms with Crippen LogP contribution in [-0.2, 0) is 14.1 Å². The van der Waals surface area contributed by atoms with Gasteiger partial charge in [0, 0.05) is 25.4 Å². The van der Waals surface area contributed by atoms with E-state index in [9.17, 15) is 0 Å². The first-order chi connectivity index (χ1) is 7.52. The molecular formula is C9H13BrN6. The third kappa shape index (κ3) is 1.65. The summed E-state index contributed by atoms with van der Waals surface area (Å²) in [4.78, 5) is 0. The van der Waals surface area contributed by atoms with Gasteiger partial charge in [-0.2, -0.15) is 5.10 Å². The fourth-order valence-corrected chi connectivity index (χ4v) is 2.21. The molecule has 2 N–H and O–H groups in total. The minimum atomic E-state index is -0.275. The van der Waals surface area contributed by atoms with Crippen molar-refractivity contribution in [1.29, 1.82) is 0 Å². The summed E-state index contributed by atoms with van der Waals surface area (Å²) < 4.78 is 4.14. The lowest BCUT2D eigenvalue weighted by Gasteiger charge is -2.11. The Kier molecular flexibility index (Phi) is 2.81. The second-order valence-corrected chi connectivity index (χ2v) is 4.43. The first kappa shape index (κ1) is 11.3. The fraction of sp³-hybridized carbons (Fsp3) is 0.444. The lowest BCUT2D eigenvalue weighted by atomic mass is 10.1. The molecule has 2 heterocycles. The van der Waals surface area contributed by atoms with Crippen LogP contribution in [-0.4, -0.2) is 24.8 Å².